The quantitative estimate of drug-likeness (QED) is 0.448. The minimum atomic E-state index is 0.324. The van der Waals surface area contributed by atoms with Crippen LogP contribution in [0.15, 0.2) is 0 Å². The van der Waals surface area contributed by atoms with Gasteiger partial charge in [0.05, 0.1) is 12.6 Å². The zero-order valence-corrected chi connectivity index (χ0v) is 6.68. The van der Waals surface area contributed by atoms with Gasteiger partial charge in [0.15, 0.2) is 0 Å². The molecule has 0 spiro atoms. The Kier molecular flexibility index (Phi) is 6.25. The molecule has 10 heavy (non-hydrogen) atoms. The lowest BCUT2D eigenvalue weighted by Crippen LogP contribution is -2.20. The molecule has 0 aliphatic rings. The first kappa shape index (κ1) is 9.48. The molecule has 0 heterocycles. The van der Waals surface area contributed by atoms with E-state index in [4.69, 9.17) is 11.2 Å². The Morgan fingerprint density at radius 2 is 2.40 bits per heavy atom. The summed E-state index contributed by atoms with van der Waals surface area (Å²) in [6.07, 6.45) is 6.37. The van der Waals surface area contributed by atoms with Crippen LogP contribution in [0.25, 0.3) is 0 Å². The van der Waals surface area contributed by atoms with E-state index in [2.05, 4.69) is 11.2 Å². The molecule has 1 N–H and O–H groups in total. The number of nitrogens with one attached hydrogen (secondary N) is 1. The summed E-state index contributed by atoms with van der Waals surface area (Å²) in [6.45, 7) is 3.62. The largest absolute Gasteiger partial charge is 0.382 e. The van der Waals surface area contributed by atoms with Gasteiger partial charge in [-0.1, -0.05) is 5.92 Å². The van der Waals surface area contributed by atoms with E-state index < -0.39 is 0 Å². The Morgan fingerprint density at radius 1 is 1.70 bits per heavy atom. The lowest BCUT2D eigenvalue weighted by molar-refractivity contribution is 0.111. The summed E-state index contributed by atoms with van der Waals surface area (Å²) < 4.78 is 5.04. The van der Waals surface area contributed by atoms with Crippen molar-refractivity contribution in [2.24, 2.45) is 0 Å². The number of terminal acetylenes is 1. The first-order valence-electron chi connectivity index (χ1n) is 3.48. The minimum absolute atomic E-state index is 0.324. The molecule has 0 aliphatic carbocycles. The Hall–Kier alpha value is -0.520. The summed E-state index contributed by atoms with van der Waals surface area (Å²) in [5.41, 5.74) is 0. The van der Waals surface area contributed by atoms with Gasteiger partial charge in [-0.3, -0.25) is 0 Å². The molecular formula is C8H15NO. The van der Waals surface area contributed by atoms with Crippen molar-refractivity contribution in [3.05, 3.63) is 0 Å². The topological polar surface area (TPSA) is 21.3 Å². The first-order valence-corrected chi connectivity index (χ1v) is 3.48. The maximum Gasteiger partial charge on any atom is 0.0573 e. The SMILES string of the molecule is C#CCNCCC(C)OC. The zero-order chi connectivity index (χ0) is 7.82. The number of ether oxygens (including phenoxy) is 1. The van der Waals surface area contributed by atoms with Gasteiger partial charge in [0, 0.05) is 7.11 Å². The summed E-state index contributed by atoms with van der Waals surface area (Å²) in [6, 6.07) is 0. The van der Waals surface area contributed by atoms with Crippen molar-refractivity contribution in [2.75, 3.05) is 20.2 Å². The van der Waals surface area contributed by atoms with Crippen LogP contribution in [0.5, 0.6) is 0 Å². The van der Waals surface area contributed by atoms with Crippen LogP contribution in [0.4, 0.5) is 0 Å². The third kappa shape index (κ3) is 5.61. The molecular weight excluding hydrogens is 126 g/mol. The fourth-order valence-electron chi connectivity index (χ4n) is 0.584. The van der Waals surface area contributed by atoms with Crippen LogP contribution in [-0.2, 0) is 4.74 Å². The number of methoxy groups -OCH3 is 1. The molecule has 58 valence electrons. The molecule has 0 radical (unpaired) electrons. The Morgan fingerprint density at radius 3 is 2.90 bits per heavy atom. The van der Waals surface area contributed by atoms with Crippen LogP contribution >= 0.6 is 0 Å². The second-order valence-corrected chi connectivity index (χ2v) is 2.22. The van der Waals surface area contributed by atoms with Gasteiger partial charge in [-0.15, -0.1) is 6.42 Å². The summed E-state index contributed by atoms with van der Waals surface area (Å²) in [7, 11) is 1.71. The molecule has 0 saturated carbocycles. The van der Waals surface area contributed by atoms with Crippen LogP contribution in [0.1, 0.15) is 13.3 Å². The van der Waals surface area contributed by atoms with E-state index >= 15 is 0 Å². The number of hydrogen-bond acceptors (Lipinski definition) is 2. The number of hydrogen-bond donors (Lipinski definition) is 1. The molecule has 0 aromatic carbocycles. The summed E-state index contributed by atoms with van der Waals surface area (Å²) in [5.74, 6) is 2.51. The molecule has 0 aliphatic heterocycles. The average Bonchev–Trinajstić information content (AvgIpc) is 1.98. The molecule has 1 unspecified atom stereocenters. The van der Waals surface area contributed by atoms with Crippen LogP contribution in [0, 0.1) is 12.3 Å². The van der Waals surface area contributed by atoms with Gasteiger partial charge in [-0.2, -0.15) is 0 Å². The molecule has 0 amide bonds. The van der Waals surface area contributed by atoms with Gasteiger partial charge < -0.3 is 10.1 Å². The molecule has 0 aromatic heterocycles. The Bertz CT molecular complexity index is 106. The molecule has 0 rings (SSSR count). The fourth-order valence-corrected chi connectivity index (χ4v) is 0.584. The summed E-state index contributed by atoms with van der Waals surface area (Å²) in [4.78, 5) is 0. The second kappa shape index (κ2) is 6.60. The summed E-state index contributed by atoms with van der Waals surface area (Å²) in [5, 5.41) is 3.08. The van der Waals surface area contributed by atoms with Gasteiger partial charge in [-0.05, 0) is 19.9 Å². The molecule has 0 bridgehead atoms. The van der Waals surface area contributed by atoms with Crippen molar-refractivity contribution in [1.82, 2.24) is 5.32 Å². The first-order chi connectivity index (χ1) is 4.81. The predicted octanol–water partition coefficient (Wildman–Crippen LogP) is 0.634. The summed E-state index contributed by atoms with van der Waals surface area (Å²) >= 11 is 0. The molecule has 0 aromatic rings. The second-order valence-electron chi connectivity index (χ2n) is 2.22. The van der Waals surface area contributed by atoms with E-state index in [1.54, 1.807) is 7.11 Å². The maximum atomic E-state index is 5.04. The lowest BCUT2D eigenvalue weighted by atomic mass is 10.3. The lowest BCUT2D eigenvalue weighted by Gasteiger charge is -2.07. The monoisotopic (exact) mass is 141 g/mol. The van der Waals surface area contributed by atoms with Crippen molar-refractivity contribution >= 4 is 0 Å². The van der Waals surface area contributed by atoms with Crippen molar-refractivity contribution in [1.29, 1.82) is 0 Å². The van der Waals surface area contributed by atoms with Crippen molar-refractivity contribution in [2.45, 2.75) is 19.4 Å². The van der Waals surface area contributed by atoms with Crippen molar-refractivity contribution < 1.29 is 4.74 Å². The van der Waals surface area contributed by atoms with E-state index in [1.165, 1.54) is 0 Å². The number of rotatable bonds is 5. The van der Waals surface area contributed by atoms with E-state index in [0.717, 1.165) is 13.0 Å². The molecule has 1 atom stereocenters. The highest BCUT2D eigenvalue weighted by Gasteiger charge is 1.95. The predicted molar refractivity (Wildman–Crippen MR) is 42.8 cm³/mol. The van der Waals surface area contributed by atoms with Crippen LogP contribution in [0.2, 0.25) is 0 Å². The van der Waals surface area contributed by atoms with Crippen molar-refractivity contribution in [3.8, 4) is 12.3 Å². The van der Waals surface area contributed by atoms with E-state index in [0.29, 0.717) is 12.6 Å². The molecule has 0 fully saturated rings. The van der Waals surface area contributed by atoms with Gasteiger partial charge in [-0.25, -0.2) is 0 Å². The molecule has 0 saturated heterocycles. The Labute approximate surface area is 63.0 Å². The van der Waals surface area contributed by atoms with Crippen LogP contribution < -0.4 is 5.32 Å². The van der Waals surface area contributed by atoms with E-state index in [9.17, 15) is 0 Å². The van der Waals surface area contributed by atoms with Crippen molar-refractivity contribution in [3.63, 3.8) is 0 Å². The molecule has 2 nitrogen and oxygen atoms in total. The average molecular weight is 141 g/mol. The van der Waals surface area contributed by atoms with Gasteiger partial charge in [0.2, 0.25) is 0 Å². The van der Waals surface area contributed by atoms with Gasteiger partial charge >= 0.3 is 0 Å². The zero-order valence-electron chi connectivity index (χ0n) is 6.68. The Balaban J connectivity index is 2.98. The highest BCUT2D eigenvalue weighted by molar-refractivity contribution is 4.86. The van der Waals surface area contributed by atoms with Gasteiger partial charge in [0.1, 0.15) is 0 Å². The van der Waals surface area contributed by atoms with E-state index in [1.807, 2.05) is 6.92 Å². The third-order valence-electron chi connectivity index (χ3n) is 1.36. The standard InChI is InChI=1S/C8H15NO/c1-4-6-9-7-5-8(2)10-3/h1,8-9H,5-7H2,2-3H3. The minimum Gasteiger partial charge on any atom is -0.382 e. The smallest absolute Gasteiger partial charge is 0.0573 e. The van der Waals surface area contributed by atoms with Gasteiger partial charge in [0.25, 0.3) is 0 Å². The fraction of sp³-hybridized carbons (Fsp3) is 0.750. The highest BCUT2D eigenvalue weighted by Crippen LogP contribution is 1.91. The highest BCUT2D eigenvalue weighted by atomic mass is 16.5. The maximum absolute atomic E-state index is 5.04. The van der Waals surface area contributed by atoms with Crippen LogP contribution in [0.3, 0.4) is 0 Å². The normalized spacial score (nSPS) is 12.5. The molecule has 2 heteroatoms. The third-order valence-corrected chi connectivity index (χ3v) is 1.36. The van der Waals surface area contributed by atoms with Crippen LogP contribution in [-0.4, -0.2) is 26.3 Å². The van der Waals surface area contributed by atoms with E-state index in [-0.39, 0.29) is 0 Å².